The Morgan fingerprint density at radius 3 is 2.26 bits per heavy atom. The third-order valence-corrected chi connectivity index (χ3v) is 5.86. The first-order valence-corrected chi connectivity index (χ1v) is 11.6. The maximum absolute atomic E-state index is 13.1. The lowest BCUT2D eigenvalue weighted by molar-refractivity contribution is 0.0432. The molecular weight excluding hydrogens is 462 g/mol. The van der Waals surface area contributed by atoms with Gasteiger partial charge in [-0.05, 0) is 26.3 Å². The number of fused-ring (bicyclic) bond motifs is 1. The summed E-state index contributed by atoms with van der Waals surface area (Å²) in [4.78, 5) is 50.7. The molecule has 0 aliphatic rings. The van der Waals surface area contributed by atoms with Gasteiger partial charge in [-0.3, -0.25) is 4.79 Å². The van der Waals surface area contributed by atoms with E-state index in [1.54, 1.807) is 38.1 Å². The van der Waals surface area contributed by atoms with Crippen LogP contribution in [-0.4, -0.2) is 40.9 Å². The zero-order valence-electron chi connectivity index (χ0n) is 19.1. The highest BCUT2D eigenvalue weighted by molar-refractivity contribution is 7.18. The fourth-order valence-corrected chi connectivity index (χ4v) is 4.32. The largest absolute Gasteiger partial charge is 0.462 e. The molecule has 180 valence electrons. The van der Waals surface area contributed by atoms with Gasteiger partial charge in [-0.15, -0.1) is 11.3 Å². The molecule has 0 saturated carbocycles. The Hall–Kier alpha value is -3.73. The summed E-state index contributed by atoms with van der Waals surface area (Å²) in [6.07, 6.45) is 0.639. The second-order valence-electron chi connectivity index (χ2n) is 7.09. The van der Waals surface area contributed by atoms with Crippen molar-refractivity contribution in [3.63, 3.8) is 0 Å². The van der Waals surface area contributed by atoms with Gasteiger partial charge in [0.2, 0.25) is 0 Å². The summed E-state index contributed by atoms with van der Waals surface area (Å²) in [6.45, 7) is 5.24. The topological polar surface area (TPSA) is 140 Å². The molecule has 0 saturated heterocycles. The van der Waals surface area contributed by atoms with Crippen LogP contribution in [0, 0.1) is 0 Å². The summed E-state index contributed by atoms with van der Waals surface area (Å²) in [7, 11) is 0. The van der Waals surface area contributed by atoms with E-state index in [9.17, 15) is 19.2 Å². The lowest BCUT2D eigenvalue weighted by atomic mass is 10.1. The highest BCUT2D eigenvalue weighted by Gasteiger charge is 2.29. The molecule has 0 spiro atoms. The number of esters is 3. The summed E-state index contributed by atoms with van der Waals surface area (Å²) in [5, 5.41) is 4.92. The number of anilines is 1. The standard InChI is InChI=1S/C23H25N3O7S/c1-4-11-26-20(27)14-10-8-7-9-13(14)17(25-26)22(29)33-12-15-16(21(28)31-5-2)19(24)34-18(15)23(30)32-6-3/h7-10H,4-6,11-12,24H2,1-3H3. The van der Waals surface area contributed by atoms with E-state index in [-0.39, 0.29) is 45.5 Å². The van der Waals surface area contributed by atoms with Gasteiger partial charge >= 0.3 is 17.9 Å². The second-order valence-corrected chi connectivity index (χ2v) is 8.14. The Kier molecular flexibility index (Phi) is 8.00. The number of hydrogen-bond donors (Lipinski definition) is 1. The minimum absolute atomic E-state index is 0.0449. The number of benzene rings is 1. The molecule has 0 amide bonds. The van der Waals surface area contributed by atoms with Crippen molar-refractivity contribution in [2.45, 2.75) is 40.3 Å². The van der Waals surface area contributed by atoms with Gasteiger partial charge in [0.15, 0.2) is 5.69 Å². The zero-order valence-corrected chi connectivity index (χ0v) is 19.9. The molecule has 0 aliphatic carbocycles. The average molecular weight is 488 g/mol. The van der Waals surface area contributed by atoms with Gasteiger partial charge in [0.05, 0.1) is 18.6 Å². The molecule has 2 aromatic heterocycles. The van der Waals surface area contributed by atoms with Crippen molar-refractivity contribution in [1.29, 1.82) is 0 Å². The van der Waals surface area contributed by atoms with E-state index in [2.05, 4.69) is 5.10 Å². The van der Waals surface area contributed by atoms with Crippen molar-refractivity contribution in [3.8, 4) is 0 Å². The van der Waals surface area contributed by atoms with Crippen molar-refractivity contribution in [2.75, 3.05) is 18.9 Å². The third-order valence-electron chi connectivity index (χ3n) is 4.82. The van der Waals surface area contributed by atoms with Gasteiger partial charge in [0.25, 0.3) is 5.56 Å². The number of aromatic nitrogens is 2. The van der Waals surface area contributed by atoms with E-state index in [0.717, 1.165) is 11.3 Å². The summed E-state index contributed by atoms with van der Waals surface area (Å²) in [6, 6.07) is 6.59. The van der Waals surface area contributed by atoms with Crippen LogP contribution in [0.4, 0.5) is 5.00 Å². The van der Waals surface area contributed by atoms with E-state index < -0.39 is 24.5 Å². The molecule has 2 N–H and O–H groups in total. The number of hydrogen-bond acceptors (Lipinski definition) is 10. The highest BCUT2D eigenvalue weighted by Crippen LogP contribution is 2.33. The smallest absolute Gasteiger partial charge is 0.359 e. The summed E-state index contributed by atoms with van der Waals surface area (Å²) < 4.78 is 16.8. The lowest BCUT2D eigenvalue weighted by Gasteiger charge is -2.11. The van der Waals surface area contributed by atoms with Crippen LogP contribution in [0.5, 0.6) is 0 Å². The maximum Gasteiger partial charge on any atom is 0.359 e. The highest BCUT2D eigenvalue weighted by atomic mass is 32.1. The van der Waals surface area contributed by atoms with Crippen molar-refractivity contribution in [3.05, 3.63) is 56.3 Å². The predicted octanol–water partition coefficient (Wildman–Crippen LogP) is 3.16. The normalized spacial score (nSPS) is 10.8. The molecule has 3 rings (SSSR count). The molecule has 0 radical (unpaired) electrons. The van der Waals surface area contributed by atoms with E-state index in [4.69, 9.17) is 19.9 Å². The number of thiophene rings is 1. The molecule has 0 unspecified atom stereocenters. The van der Waals surface area contributed by atoms with Gasteiger partial charge in [-0.25, -0.2) is 19.1 Å². The van der Waals surface area contributed by atoms with Gasteiger partial charge in [-0.1, -0.05) is 25.1 Å². The Balaban J connectivity index is 2.01. The quantitative estimate of drug-likeness (QED) is 0.356. The SMILES string of the molecule is CCCn1nc(C(=O)OCc2c(C(=O)OCC)sc(N)c2C(=O)OCC)c2ccccc2c1=O. The third kappa shape index (κ3) is 4.93. The van der Waals surface area contributed by atoms with Crippen LogP contribution in [0.3, 0.4) is 0 Å². The van der Waals surface area contributed by atoms with Crippen LogP contribution in [-0.2, 0) is 27.4 Å². The summed E-state index contributed by atoms with van der Waals surface area (Å²) in [5.74, 6) is -2.26. The second kappa shape index (κ2) is 10.9. The number of carbonyl (C=O) groups is 3. The lowest BCUT2D eigenvalue weighted by Crippen LogP contribution is -2.26. The van der Waals surface area contributed by atoms with Crippen LogP contribution < -0.4 is 11.3 Å². The fraction of sp³-hybridized carbons (Fsp3) is 0.348. The number of aryl methyl sites for hydroxylation is 1. The first-order chi connectivity index (χ1) is 16.3. The average Bonchev–Trinajstić information content (AvgIpc) is 3.16. The Labute approximate surface area is 199 Å². The Bertz CT molecular complexity index is 1300. The van der Waals surface area contributed by atoms with Crippen LogP contribution in [0.25, 0.3) is 10.8 Å². The van der Waals surface area contributed by atoms with Crippen LogP contribution >= 0.6 is 11.3 Å². The minimum atomic E-state index is -0.824. The number of nitrogens with zero attached hydrogens (tertiary/aromatic N) is 2. The number of rotatable bonds is 9. The van der Waals surface area contributed by atoms with Crippen molar-refractivity contribution >= 4 is 45.0 Å². The van der Waals surface area contributed by atoms with Gasteiger partial charge < -0.3 is 19.9 Å². The van der Waals surface area contributed by atoms with Crippen LogP contribution in [0.1, 0.15) is 63.3 Å². The predicted molar refractivity (Wildman–Crippen MR) is 126 cm³/mol. The molecule has 1 aromatic carbocycles. The van der Waals surface area contributed by atoms with Crippen molar-refractivity contribution < 1.29 is 28.6 Å². The van der Waals surface area contributed by atoms with E-state index in [1.807, 2.05) is 6.92 Å². The monoisotopic (exact) mass is 487 g/mol. The number of nitrogens with two attached hydrogens (primary N) is 1. The van der Waals surface area contributed by atoms with Crippen LogP contribution in [0.2, 0.25) is 0 Å². The maximum atomic E-state index is 13.1. The van der Waals surface area contributed by atoms with E-state index >= 15 is 0 Å². The zero-order chi connectivity index (χ0) is 24.8. The molecule has 3 aromatic rings. The van der Waals surface area contributed by atoms with Gasteiger partial charge in [-0.2, -0.15) is 5.10 Å². The van der Waals surface area contributed by atoms with Gasteiger partial charge in [0, 0.05) is 17.5 Å². The molecule has 0 aliphatic heterocycles. The number of ether oxygens (including phenoxy) is 3. The molecule has 0 bridgehead atoms. The van der Waals surface area contributed by atoms with Crippen molar-refractivity contribution in [2.24, 2.45) is 0 Å². The Morgan fingerprint density at radius 1 is 0.971 bits per heavy atom. The summed E-state index contributed by atoms with van der Waals surface area (Å²) in [5.41, 5.74) is 5.67. The molecular formula is C23H25N3O7S. The molecule has 10 nitrogen and oxygen atoms in total. The molecule has 0 atom stereocenters. The number of nitrogen functional groups attached to an aromatic ring is 1. The van der Waals surface area contributed by atoms with Gasteiger partial charge in [0.1, 0.15) is 22.0 Å². The van der Waals surface area contributed by atoms with E-state index in [0.29, 0.717) is 23.7 Å². The van der Waals surface area contributed by atoms with Crippen molar-refractivity contribution in [1.82, 2.24) is 9.78 Å². The van der Waals surface area contributed by atoms with Crippen LogP contribution in [0.15, 0.2) is 29.1 Å². The molecule has 34 heavy (non-hydrogen) atoms. The van der Waals surface area contributed by atoms with E-state index in [1.165, 1.54) is 4.68 Å². The minimum Gasteiger partial charge on any atom is -0.462 e. The first-order valence-electron chi connectivity index (χ1n) is 10.8. The summed E-state index contributed by atoms with van der Waals surface area (Å²) >= 11 is 0.854. The Morgan fingerprint density at radius 2 is 1.62 bits per heavy atom. The number of carbonyl (C=O) groups excluding carboxylic acids is 3. The fourth-order valence-electron chi connectivity index (χ4n) is 3.37. The molecule has 11 heteroatoms. The first kappa shape index (κ1) is 24.9. The molecule has 0 fully saturated rings. The molecule has 2 heterocycles.